The highest BCUT2D eigenvalue weighted by Gasteiger charge is 2.25. The minimum atomic E-state index is -3.66. The molecule has 0 radical (unpaired) electrons. The minimum absolute atomic E-state index is 0.0743. The Hall–Kier alpha value is -1.15. The van der Waals surface area contributed by atoms with Crippen LogP contribution in [0, 0.1) is 5.41 Å². The third kappa shape index (κ3) is 9.74. The summed E-state index contributed by atoms with van der Waals surface area (Å²) < 4.78 is 32.7. The summed E-state index contributed by atoms with van der Waals surface area (Å²) in [5.74, 6) is -0.800. The van der Waals surface area contributed by atoms with Gasteiger partial charge in [-0.25, -0.2) is 0 Å². The molecule has 0 saturated heterocycles. The SMILES string of the molecule is COC(=O)CC(C)(C)COS(=O)(=O)CCCNC(C)=O. The van der Waals surface area contributed by atoms with Crippen molar-refractivity contribution in [3.8, 4) is 0 Å². The lowest BCUT2D eigenvalue weighted by molar-refractivity contribution is -0.143. The third-order valence-corrected chi connectivity index (χ3v) is 3.69. The lowest BCUT2D eigenvalue weighted by Crippen LogP contribution is -2.27. The standard InChI is InChI=1S/C12H23NO6S/c1-10(14)13-6-5-7-20(16,17)19-9-12(2,3)8-11(15)18-4/h5-9H2,1-4H3,(H,13,14). The van der Waals surface area contributed by atoms with Gasteiger partial charge in [-0.15, -0.1) is 0 Å². The number of hydrogen-bond acceptors (Lipinski definition) is 6. The summed E-state index contributed by atoms with van der Waals surface area (Å²) in [7, 11) is -2.38. The van der Waals surface area contributed by atoms with Crippen molar-refractivity contribution in [1.82, 2.24) is 5.32 Å². The maximum absolute atomic E-state index is 11.6. The first-order valence-electron chi connectivity index (χ1n) is 6.26. The van der Waals surface area contributed by atoms with Crippen LogP contribution in [0.1, 0.15) is 33.6 Å². The molecule has 0 unspecified atom stereocenters. The van der Waals surface area contributed by atoms with E-state index >= 15 is 0 Å². The van der Waals surface area contributed by atoms with Crippen LogP contribution in [-0.4, -0.2) is 46.3 Å². The zero-order valence-corrected chi connectivity index (χ0v) is 13.2. The number of nitrogens with one attached hydrogen (secondary N) is 1. The van der Waals surface area contributed by atoms with Gasteiger partial charge < -0.3 is 10.1 Å². The van der Waals surface area contributed by atoms with Crippen LogP contribution in [0.5, 0.6) is 0 Å². The third-order valence-electron chi connectivity index (χ3n) is 2.42. The molecule has 0 heterocycles. The average molecular weight is 309 g/mol. The van der Waals surface area contributed by atoms with E-state index in [1.54, 1.807) is 13.8 Å². The molecule has 0 fully saturated rings. The Bertz CT molecular complexity index is 429. The van der Waals surface area contributed by atoms with E-state index in [9.17, 15) is 18.0 Å². The van der Waals surface area contributed by atoms with Gasteiger partial charge >= 0.3 is 5.97 Å². The number of amides is 1. The topological polar surface area (TPSA) is 98.8 Å². The molecule has 0 aliphatic rings. The summed E-state index contributed by atoms with van der Waals surface area (Å²) in [4.78, 5) is 21.8. The van der Waals surface area contributed by atoms with E-state index in [1.807, 2.05) is 0 Å². The fourth-order valence-electron chi connectivity index (χ4n) is 1.34. The molecule has 1 amide bonds. The summed E-state index contributed by atoms with van der Waals surface area (Å²) in [6.07, 6.45) is 0.351. The van der Waals surface area contributed by atoms with Gasteiger partial charge in [-0.2, -0.15) is 8.42 Å². The highest BCUT2D eigenvalue weighted by molar-refractivity contribution is 7.86. The van der Waals surface area contributed by atoms with Gasteiger partial charge in [0, 0.05) is 13.5 Å². The number of ether oxygens (including phenoxy) is 1. The second-order valence-corrected chi connectivity index (χ2v) is 7.04. The first kappa shape index (κ1) is 18.9. The zero-order valence-electron chi connectivity index (χ0n) is 12.4. The number of carbonyl (C=O) groups is 2. The first-order valence-corrected chi connectivity index (χ1v) is 7.84. The number of methoxy groups -OCH3 is 1. The smallest absolute Gasteiger partial charge is 0.306 e. The van der Waals surface area contributed by atoms with Crippen molar-refractivity contribution in [1.29, 1.82) is 0 Å². The average Bonchev–Trinajstić information content (AvgIpc) is 2.32. The Kier molecular flexibility index (Phi) is 7.74. The number of hydrogen-bond donors (Lipinski definition) is 1. The highest BCUT2D eigenvalue weighted by atomic mass is 32.2. The molecule has 7 nitrogen and oxygen atoms in total. The van der Waals surface area contributed by atoms with Crippen LogP contribution < -0.4 is 5.32 Å². The number of esters is 1. The molecular formula is C12H23NO6S. The molecule has 0 aromatic heterocycles. The van der Waals surface area contributed by atoms with Crippen LogP contribution in [0.15, 0.2) is 0 Å². The summed E-state index contributed by atoms with van der Waals surface area (Å²) in [6, 6.07) is 0. The van der Waals surface area contributed by atoms with Crippen molar-refractivity contribution in [2.45, 2.75) is 33.6 Å². The van der Waals surface area contributed by atoms with E-state index in [2.05, 4.69) is 10.1 Å². The second kappa shape index (κ2) is 8.21. The maximum atomic E-state index is 11.6. The van der Waals surface area contributed by atoms with Gasteiger partial charge in [0.25, 0.3) is 10.1 Å². The molecule has 0 aliphatic carbocycles. The van der Waals surface area contributed by atoms with Gasteiger partial charge in [-0.3, -0.25) is 13.8 Å². The fraction of sp³-hybridized carbons (Fsp3) is 0.833. The fourth-order valence-corrected chi connectivity index (χ4v) is 2.45. The summed E-state index contributed by atoms with van der Waals surface area (Å²) in [5.41, 5.74) is -0.627. The first-order chi connectivity index (χ1) is 9.08. The van der Waals surface area contributed by atoms with Crippen molar-refractivity contribution >= 4 is 22.0 Å². The molecule has 0 spiro atoms. The lowest BCUT2D eigenvalue weighted by Gasteiger charge is -2.22. The Morgan fingerprint density at radius 1 is 1.25 bits per heavy atom. The molecule has 0 aliphatic heterocycles. The predicted octanol–water partition coefficient (Wildman–Crippen LogP) is 0.448. The minimum Gasteiger partial charge on any atom is -0.469 e. The molecule has 0 rings (SSSR count). The molecule has 0 aromatic rings. The molecular weight excluding hydrogens is 286 g/mol. The monoisotopic (exact) mass is 309 g/mol. The van der Waals surface area contributed by atoms with E-state index < -0.39 is 21.5 Å². The normalized spacial score (nSPS) is 12.0. The molecule has 118 valence electrons. The highest BCUT2D eigenvalue weighted by Crippen LogP contribution is 2.22. The van der Waals surface area contributed by atoms with Crippen LogP contribution in [-0.2, 0) is 28.6 Å². The molecule has 1 N–H and O–H groups in total. The molecule has 0 saturated carbocycles. The Morgan fingerprint density at radius 3 is 2.35 bits per heavy atom. The predicted molar refractivity (Wildman–Crippen MR) is 73.5 cm³/mol. The molecule has 0 atom stereocenters. The lowest BCUT2D eigenvalue weighted by atomic mass is 9.91. The van der Waals surface area contributed by atoms with Gasteiger partial charge in [0.1, 0.15) is 0 Å². The van der Waals surface area contributed by atoms with E-state index in [0.717, 1.165) is 0 Å². The van der Waals surface area contributed by atoms with Gasteiger partial charge in [0.05, 0.1) is 25.9 Å². The quantitative estimate of drug-likeness (QED) is 0.377. The van der Waals surface area contributed by atoms with Crippen LogP contribution in [0.3, 0.4) is 0 Å². The summed E-state index contributed by atoms with van der Waals surface area (Å²) in [5, 5.41) is 2.50. The van der Waals surface area contributed by atoms with E-state index in [4.69, 9.17) is 4.18 Å². The Labute approximate surface area is 120 Å². The van der Waals surface area contributed by atoms with E-state index in [1.165, 1.54) is 14.0 Å². The van der Waals surface area contributed by atoms with Crippen LogP contribution in [0.4, 0.5) is 0 Å². The molecule has 20 heavy (non-hydrogen) atoms. The maximum Gasteiger partial charge on any atom is 0.306 e. The number of carbonyl (C=O) groups excluding carboxylic acids is 2. The molecule has 0 bridgehead atoms. The molecule has 8 heteroatoms. The largest absolute Gasteiger partial charge is 0.469 e. The Morgan fingerprint density at radius 2 is 1.85 bits per heavy atom. The van der Waals surface area contributed by atoms with Gasteiger partial charge in [0.15, 0.2) is 0 Å². The van der Waals surface area contributed by atoms with Crippen molar-refractivity contribution in [3.05, 3.63) is 0 Å². The van der Waals surface area contributed by atoms with Crippen molar-refractivity contribution < 1.29 is 26.9 Å². The zero-order chi connectivity index (χ0) is 15.8. The van der Waals surface area contributed by atoms with Crippen LogP contribution in [0.25, 0.3) is 0 Å². The van der Waals surface area contributed by atoms with Crippen molar-refractivity contribution in [2.24, 2.45) is 5.41 Å². The van der Waals surface area contributed by atoms with Gasteiger partial charge in [0.2, 0.25) is 5.91 Å². The van der Waals surface area contributed by atoms with E-state index in [0.29, 0.717) is 0 Å². The number of rotatable bonds is 9. The van der Waals surface area contributed by atoms with Crippen molar-refractivity contribution in [2.75, 3.05) is 26.0 Å². The van der Waals surface area contributed by atoms with Crippen LogP contribution >= 0.6 is 0 Å². The summed E-state index contributed by atoms with van der Waals surface area (Å²) >= 11 is 0. The second-order valence-electron chi connectivity index (χ2n) is 5.28. The van der Waals surface area contributed by atoms with Crippen LogP contribution in [0.2, 0.25) is 0 Å². The Balaban J connectivity index is 4.14. The van der Waals surface area contributed by atoms with E-state index in [-0.39, 0.29) is 37.7 Å². The van der Waals surface area contributed by atoms with Gasteiger partial charge in [-0.1, -0.05) is 13.8 Å². The summed E-state index contributed by atoms with van der Waals surface area (Å²) in [6.45, 7) is 4.99. The van der Waals surface area contributed by atoms with Crippen molar-refractivity contribution in [3.63, 3.8) is 0 Å². The van der Waals surface area contributed by atoms with Gasteiger partial charge in [-0.05, 0) is 11.8 Å². The molecule has 0 aromatic carbocycles.